The number of hydrogen-bond donors (Lipinski definition) is 0. The van der Waals surface area contributed by atoms with Crippen LogP contribution in [0.3, 0.4) is 0 Å². The van der Waals surface area contributed by atoms with Crippen LogP contribution in [0.1, 0.15) is 25.0 Å². The zero-order valence-corrected chi connectivity index (χ0v) is 39.6. The van der Waals surface area contributed by atoms with E-state index in [9.17, 15) is 0 Å². The molecule has 0 atom stereocenters. The van der Waals surface area contributed by atoms with Crippen molar-refractivity contribution in [2.45, 2.75) is 19.3 Å². The van der Waals surface area contributed by atoms with Crippen LogP contribution < -0.4 is 4.90 Å². The molecule has 4 aromatic heterocycles. The van der Waals surface area contributed by atoms with Gasteiger partial charge >= 0.3 is 0 Å². The lowest BCUT2D eigenvalue weighted by molar-refractivity contribution is 0.660. The SMILES string of the molecule is CC1(C)c2ccccc2-c2ccc(N(c3ccc(-c4ccccc4)cc3)c3ccc(-c4ccc5c(c4)n4c6cc(-n7c8ccccc8n8c9ccccc9nc78)ccc6nc4n5-c4ccccc4)cc3)cc21. The molecule has 0 unspecified atom stereocenters. The van der Waals surface area contributed by atoms with Crippen molar-refractivity contribution in [3.63, 3.8) is 0 Å². The second-order valence-electron chi connectivity index (χ2n) is 19.6. The first-order chi connectivity index (χ1) is 35.5. The predicted molar refractivity (Wildman–Crippen MR) is 296 cm³/mol. The van der Waals surface area contributed by atoms with E-state index in [0.29, 0.717) is 0 Å². The number of benzene rings is 10. The Hall–Kier alpha value is -9.46. The van der Waals surface area contributed by atoms with Crippen LogP contribution in [0.5, 0.6) is 0 Å². The van der Waals surface area contributed by atoms with Gasteiger partial charge in [0.15, 0.2) is 0 Å². The maximum Gasteiger partial charge on any atom is 0.220 e. The Morgan fingerprint density at radius 1 is 0.333 bits per heavy atom. The predicted octanol–water partition coefficient (Wildman–Crippen LogP) is 16.3. The van der Waals surface area contributed by atoms with Gasteiger partial charge in [-0.2, -0.15) is 0 Å². The average molecular weight is 924 g/mol. The van der Waals surface area contributed by atoms with Crippen LogP contribution in [0.15, 0.2) is 237 Å². The van der Waals surface area contributed by atoms with Crippen molar-refractivity contribution in [2.75, 3.05) is 4.90 Å². The molecule has 0 fully saturated rings. The van der Waals surface area contributed by atoms with Crippen molar-refractivity contribution in [2.24, 2.45) is 0 Å². The highest BCUT2D eigenvalue weighted by Gasteiger charge is 2.36. The van der Waals surface area contributed by atoms with Gasteiger partial charge in [0.05, 0.1) is 49.8 Å². The molecule has 1 aliphatic rings. The van der Waals surface area contributed by atoms with Crippen molar-refractivity contribution >= 4 is 72.8 Å². The lowest BCUT2D eigenvalue weighted by Gasteiger charge is -2.28. The van der Waals surface area contributed by atoms with Gasteiger partial charge in [0, 0.05) is 28.2 Å². The van der Waals surface area contributed by atoms with Gasteiger partial charge in [0.25, 0.3) is 0 Å². The molecule has 0 radical (unpaired) electrons. The molecule has 0 amide bonds. The Balaban J connectivity index is 0.876. The number of fused-ring (bicyclic) bond motifs is 13. The molecule has 14 aromatic rings. The molecule has 72 heavy (non-hydrogen) atoms. The van der Waals surface area contributed by atoms with Gasteiger partial charge in [-0.05, 0) is 148 Å². The minimum absolute atomic E-state index is 0.127. The first kappa shape index (κ1) is 40.4. The summed E-state index contributed by atoms with van der Waals surface area (Å²) in [5.41, 5.74) is 23.6. The lowest BCUT2D eigenvalue weighted by Crippen LogP contribution is -2.16. The third-order valence-electron chi connectivity index (χ3n) is 15.2. The summed E-state index contributed by atoms with van der Waals surface area (Å²) in [4.78, 5) is 12.9. The summed E-state index contributed by atoms with van der Waals surface area (Å²) in [5.74, 6) is 1.74. The van der Waals surface area contributed by atoms with Gasteiger partial charge < -0.3 is 4.90 Å². The normalized spacial score (nSPS) is 13.0. The average Bonchev–Trinajstić information content (AvgIpc) is 4.22. The van der Waals surface area contributed by atoms with Crippen LogP contribution in [-0.2, 0) is 5.41 Å². The monoisotopic (exact) mass is 923 g/mol. The number of para-hydroxylation sites is 5. The van der Waals surface area contributed by atoms with Crippen LogP contribution in [0, 0.1) is 0 Å². The van der Waals surface area contributed by atoms with E-state index in [1.807, 2.05) is 0 Å². The van der Waals surface area contributed by atoms with Crippen LogP contribution in [0.2, 0.25) is 0 Å². The largest absolute Gasteiger partial charge is 0.310 e. The molecule has 1 aliphatic carbocycles. The number of rotatable bonds is 7. The van der Waals surface area contributed by atoms with Crippen molar-refractivity contribution < 1.29 is 0 Å². The molecule has 0 spiro atoms. The van der Waals surface area contributed by atoms with E-state index in [2.05, 4.69) is 273 Å². The summed E-state index contributed by atoms with van der Waals surface area (Å²) in [7, 11) is 0. The Bertz CT molecular complexity index is 4460. The summed E-state index contributed by atoms with van der Waals surface area (Å²) in [6.07, 6.45) is 0. The van der Waals surface area contributed by atoms with Gasteiger partial charge in [-0.15, -0.1) is 0 Å². The Labute approximate surface area is 415 Å². The zero-order chi connectivity index (χ0) is 47.7. The molecule has 0 aliphatic heterocycles. The summed E-state index contributed by atoms with van der Waals surface area (Å²) >= 11 is 0. The minimum atomic E-state index is -0.127. The highest BCUT2D eigenvalue weighted by Crippen LogP contribution is 2.51. The summed E-state index contributed by atoms with van der Waals surface area (Å²) in [6.45, 7) is 4.70. The third kappa shape index (κ3) is 5.91. The quantitative estimate of drug-likeness (QED) is 0.160. The van der Waals surface area contributed by atoms with Gasteiger partial charge in [0.2, 0.25) is 11.6 Å². The maximum atomic E-state index is 5.36. The Morgan fingerprint density at radius 3 is 1.61 bits per heavy atom. The second-order valence-corrected chi connectivity index (χ2v) is 19.6. The maximum absolute atomic E-state index is 5.36. The molecule has 10 aromatic carbocycles. The standard InChI is InChI=1S/C65H45N7/c1-65(2)53-20-10-9-19-51(53)52-36-34-49(40-54(52)65)68(47-30-25-43(26-31-47)42-15-5-3-6-16-42)48-32-27-44(28-33-48)45-29-38-60-62(39-45)72-61-41-50(35-37-56(61)67-63(72)69(60)46-17-7-4-8-18-46)70-58-23-13-14-24-59(58)71-57-22-12-11-21-55(57)66-64(70)71/h3-41H,1-2H3. The lowest BCUT2D eigenvalue weighted by atomic mass is 9.82. The van der Waals surface area contributed by atoms with Crippen molar-refractivity contribution in [3.05, 3.63) is 248 Å². The topological polar surface area (TPSA) is 47.7 Å². The van der Waals surface area contributed by atoms with Crippen molar-refractivity contribution in [1.82, 2.24) is 27.9 Å². The number of nitrogens with zero attached hydrogens (tertiary/aromatic N) is 7. The Morgan fingerprint density at radius 2 is 0.861 bits per heavy atom. The molecule has 7 nitrogen and oxygen atoms in total. The van der Waals surface area contributed by atoms with E-state index in [1.54, 1.807) is 0 Å². The first-order valence-electron chi connectivity index (χ1n) is 24.7. The fourth-order valence-corrected chi connectivity index (χ4v) is 11.7. The second kappa shape index (κ2) is 15.3. The first-order valence-corrected chi connectivity index (χ1v) is 24.7. The molecule has 7 heteroatoms. The summed E-state index contributed by atoms with van der Waals surface area (Å²) < 4.78 is 9.16. The molecule has 4 heterocycles. The fraction of sp³-hybridized carbons (Fsp3) is 0.0462. The number of hydrogen-bond acceptors (Lipinski definition) is 3. The smallest absolute Gasteiger partial charge is 0.220 e. The number of aromatic nitrogens is 6. The number of imidazole rings is 4. The van der Waals surface area contributed by atoms with E-state index in [-0.39, 0.29) is 5.41 Å². The van der Waals surface area contributed by atoms with Crippen LogP contribution in [0.25, 0.3) is 100 Å². The molecule has 0 saturated heterocycles. The molecular formula is C65H45N7. The summed E-state index contributed by atoms with van der Waals surface area (Å²) in [5, 5.41) is 0. The van der Waals surface area contributed by atoms with Crippen molar-refractivity contribution in [3.8, 4) is 44.8 Å². The molecular weight excluding hydrogens is 879 g/mol. The zero-order valence-electron chi connectivity index (χ0n) is 39.6. The van der Waals surface area contributed by atoms with E-state index in [1.165, 1.54) is 33.4 Å². The van der Waals surface area contributed by atoms with Crippen LogP contribution in [0.4, 0.5) is 17.1 Å². The highest BCUT2D eigenvalue weighted by molar-refractivity contribution is 5.97. The van der Waals surface area contributed by atoms with Crippen molar-refractivity contribution in [1.29, 1.82) is 0 Å². The van der Waals surface area contributed by atoms with Crippen LogP contribution in [-0.4, -0.2) is 27.9 Å². The van der Waals surface area contributed by atoms with Gasteiger partial charge in [0.1, 0.15) is 0 Å². The Kier molecular flexibility index (Phi) is 8.57. The highest BCUT2D eigenvalue weighted by atomic mass is 15.2. The van der Waals surface area contributed by atoms with Gasteiger partial charge in [-0.3, -0.25) is 17.9 Å². The molecule has 340 valence electrons. The minimum Gasteiger partial charge on any atom is -0.310 e. The van der Waals surface area contributed by atoms with Gasteiger partial charge in [-0.25, -0.2) is 9.97 Å². The van der Waals surface area contributed by atoms with E-state index in [0.717, 1.165) is 95.3 Å². The van der Waals surface area contributed by atoms with E-state index < -0.39 is 0 Å². The third-order valence-corrected chi connectivity index (χ3v) is 15.2. The summed E-state index contributed by atoms with van der Waals surface area (Å²) in [6, 6.07) is 85.4. The van der Waals surface area contributed by atoms with E-state index >= 15 is 0 Å². The molecule has 15 rings (SSSR count). The van der Waals surface area contributed by atoms with Crippen LogP contribution >= 0.6 is 0 Å². The fourth-order valence-electron chi connectivity index (χ4n) is 11.7. The van der Waals surface area contributed by atoms with Gasteiger partial charge in [-0.1, -0.05) is 147 Å². The molecule has 0 saturated carbocycles. The molecule has 0 bridgehead atoms. The number of anilines is 3. The molecule has 0 N–H and O–H groups in total. The van der Waals surface area contributed by atoms with E-state index in [4.69, 9.17) is 9.97 Å².